The van der Waals surface area contributed by atoms with Crippen LogP contribution in [-0.2, 0) is 21.4 Å². The number of amides is 1. The van der Waals surface area contributed by atoms with Gasteiger partial charge in [-0.1, -0.05) is 18.2 Å². The van der Waals surface area contributed by atoms with Gasteiger partial charge in [-0.3, -0.25) is 9.10 Å². The summed E-state index contributed by atoms with van der Waals surface area (Å²) in [5.74, 6) is 0.256. The average Bonchev–Trinajstić information content (AvgIpc) is 2.86. The first-order valence-electron chi connectivity index (χ1n) is 11.0. The first-order chi connectivity index (χ1) is 16.9. The van der Waals surface area contributed by atoms with Gasteiger partial charge >= 0.3 is 0 Å². The molecule has 3 aromatic carbocycles. The largest absolute Gasteiger partial charge is 0.494 e. The third kappa shape index (κ3) is 5.83. The highest BCUT2D eigenvalue weighted by Gasteiger charge is 2.29. The van der Waals surface area contributed by atoms with E-state index in [0.29, 0.717) is 24.7 Å². The third-order valence-electron chi connectivity index (χ3n) is 5.21. The Labute approximate surface area is 203 Å². The zero-order valence-electron chi connectivity index (χ0n) is 19.1. The van der Waals surface area contributed by atoms with Gasteiger partial charge in [-0.25, -0.2) is 12.8 Å². The Hall–Kier alpha value is -3.79. The Morgan fingerprint density at radius 1 is 1.03 bits per heavy atom. The smallest absolute Gasteiger partial charge is 0.264 e. The second-order valence-corrected chi connectivity index (χ2v) is 9.51. The second kappa shape index (κ2) is 10.6. The number of carbonyl (C=O) groups is 1. The maximum atomic E-state index is 14.0. The molecular formula is C25H25FN2O6S. The van der Waals surface area contributed by atoms with Crippen LogP contribution in [-0.4, -0.2) is 40.7 Å². The summed E-state index contributed by atoms with van der Waals surface area (Å²) in [6.45, 7) is 2.73. The summed E-state index contributed by atoms with van der Waals surface area (Å²) in [4.78, 5) is 12.7. The van der Waals surface area contributed by atoms with Gasteiger partial charge in [0.05, 0.1) is 17.2 Å². The molecule has 0 bridgehead atoms. The number of sulfonamides is 1. The number of halogens is 1. The zero-order chi connectivity index (χ0) is 24.8. The van der Waals surface area contributed by atoms with Crippen LogP contribution in [0.2, 0.25) is 0 Å². The molecule has 8 nitrogen and oxygen atoms in total. The van der Waals surface area contributed by atoms with Crippen LogP contribution in [0.15, 0.2) is 71.6 Å². The van der Waals surface area contributed by atoms with E-state index < -0.39 is 28.3 Å². The number of benzene rings is 3. The maximum Gasteiger partial charge on any atom is 0.264 e. The summed E-state index contributed by atoms with van der Waals surface area (Å²) >= 11 is 0. The van der Waals surface area contributed by atoms with Gasteiger partial charge in [0.15, 0.2) is 11.5 Å². The average molecular weight is 501 g/mol. The van der Waals surface area contributed by atoms with Gasteiger partial charge in [0.1, 0.15) is 31.3 Å². The number of nitrogens with one attached hydrogen (secondary N) is 1. The van der Waals surface area contributed by atoms with Crippen molar-refractivity contribution in [2.75, 3.05) is 30.7 Å². The van der Waals surface area contributed by atoms with Crippen LogP contribution in [0.25, 0.3) is 0 Å². The van der Waals surface area contributed by atoms with E-state index in [1.165, 1.54) is 36.4 Å². The van der Waals surface area contributed by atoms with E-state index in [1.807, 2.05) is 19.1 Å². The molecule has 0 spiro atoms. The molecule has 0 unspecified atom stereocenters. The standard InChI is InChI=1S/C25H25FN2O6S/c1-2-32-21-8-6-18(7-9-21)16-27-25(29)17-28(20-5-3-4-19(26)14-20)35(30,31)22-10-11-23-24(15-22)34-13-12-33-23/h3-11,14-15H,2,12-13,16-17H2,1H3,(H,27,29). The van der Waals surface area contributed by atoms with E-state index in [-0.39, 0.29) is 29.5 Å². The highest BCUT2D eigenvalue weighted by Crippen LogP contribution is 2.34. The van der Waals surface area contributed by atoms with Crippen molar-refractivity contribution >= 4 is 21.6 Å². The lowest BCUT2D eigenvalue weighted by atomic mass is 10.2. The molecule has 1 heterocycles. The van der Waals surface area contributed by atoms with Crippen molar-refractivity contribution in [1.82, 2.24) is 5.32 Å². The zero-order valence-corrected chi connectivity index (χ0v) is 19.9. The summed E-state index contributed by atoms with van der Waals surface area (Å²) in [6, 6.07) is 16.5. The van der Waals surface area contributed by atoms with Gasteiger partial charge < -0.3 is 19.5 Å². The van der Waals surface area contributed by atoms with Gasteiger partial charge in [0.25, 0.3) is 10.0 Å². The van der Waals surface area contributed by atoms with Gasteiger partial charge in [-0.15, -0.1) is 0 Å². The van der Waals surface area contributed by atoms with E-state index in [4.69, 9.17) is 14.2 Å². The molecule has 1 aliphatic heterocycles. The monoisotopic (exact) mass is 500 g/mol. The molecule has 10 heteroatoms. The van der Waals surface area contributed by atoms with Crippen LogP contribution in [0.3, 0.4) is 0 Å². The molecule has 0 aliphatic carbocycles. The Morgan fingerprint density at radius 3 is 2.49 bits per heavy atom. The maximum absolute atomic E-state index is 14.0. The number of hydrogen-bond acceptors (Lipinski definition) is 6. The number of rotatable bonds is 9. The summed E-state index contributed by atoms with van der Waals surface area (Å²) in [5.41, 5.74) is 0.838. The van der Waals surface area contributed by atoms with Crippen molar-refractivity contribution in [2.24, 2.45) is 0 Å². The molecule has 0 fully saturated rings. The van der Waals surface area contributed by atoms with Gasteiger partial charge in [0, 0.05) is 12.6 Å². The van der Waals surface area contributed by atoms with E-state index in [1.54, 1.807) is 12.1 Å². The first-order valence-corrected chi connectivity index (χ1v) is 12.5. The number of carbonyl (C=O) groups excluding carboxylic acids is 1. The van der Waals surface area contributed by atoms with Crippen molar-refractivity contribution < 1.29 is 31.8 Å². The quantitative estimate of drug-likeness (QED) is 0.483. The lowest BCUT2D eigenvalue weighted by Gasteiger charge is -2.25. The van der Waals surface area contributed by atoms with Gasteiger partial charge in [-0.2, -0.15) is 0 Å². The minimum atomic E-state index is -4.24. The number of hydrogen-bond donors (Lipinski definition) is 1. The lowest BCUT2D eigenvalue weighted by Crippen LogP contribution is -2.40. The number of ether oxygens (including phenoxy) is 3. The van der Waals surface area contributed by atoms with E-state index in [2.05, 4.69) is 5.32 Å². The summed E-state index contributed by atoms with van der Waals surface area (Å²) < 4.78 is 58.3. The Morgan fingerprint density at radius 2 is 1.77 bits per heavy atom. The van der Waals surface area contributed by atoms with Crippen molar-refractivity contribution in [1.29, 1.82) is 0 Å². The molecule has 3 aromatic rings. The molecule has 4 rings (SSSR count). The fraction of sp³-hybridized carbons (Fsp3) is 0.240. The minimum Gasteiger partial charge on any atom is -0.494 e. The molecule has 0 radical (unpaired) electrons. The summed E-state index contributed by atoms with van der Waals surface area (Å²) in [6.07, 6.45) is 0. The predicted octanol–water partition coefficient (Wildman–Crippen LogP) is 3.51. The van der Waals surface area contributed by atoms with Crippen LogP contribution in [0.5, 0.6) is 17.2 Å². The fourth-order valence-electron chi connectivity index (χ4n) is 3.51. The molecule has 0 saturated heterocycles. The summed E-state index contributed by atoms with van der Waals surface area (Å²) in [7, 11) is -4.24. The second-order valence-electron chi connectivity index (χ2n) is 7.65. The normalized spacial score (nSPS) is 12.6. The Balaban J connectivity index is 1.55. The van der Waals surface area contributed by atoms with Crippen LogP contribution in [0.4, 0.5) is 10.1 Å². The SMILES string of the molecule is CCOc1ccc(CNC(=O)CN(c2cccc(F)c2)S(=O)(=O)c2ccc3c(c2)OCCO3)cc1. The van der Waals surface area contributed by atoms with E-state index >= 15 is 0 Å². The van der Waals surface area contributed by atoms with Crippen molar-refractivity contribution in [2.45, 2.75) is 18.4 Å². The third-order valence-corrected chi connectivity index (χ3v) is 6.98. The molecule has 1 N–H and O–H groups in total. The van der Waals surface area contributed by atoms with E-state index in [0.717, 1.165) is 15.9 Å². The molecular weight excluding hydrogens is 475 g/mol. The summed E-state index contributed by atoms with van der Waals surface area (Å²) in [5, 5.41) is 2.71. The minimum absolute atomic E-state index is 0.0242. The molecule has 0 aromatic heterocycles. The van der Waals surface area contributed by atoms with Crippen molar-refractivity contribution in [3.8, 4) is 17.2 Å². The Kier molecular flexibility index (Phi) is 7.40. The number of nitrogens with zero attached hydrogens (tertiary/aromatic N) is 1. The molecule has 0 saturated carbocycles. The predicted molar refractivity (Wildman–Crippen MR) is 128 cm³/mol. The van der Waals surface area contributed by atoms with Crippen molar-refractivity contribution in [3.05, 3.63) is 78.1 Å². The van der Waals surface area contributed by atoms with Crippen LogP contribution in [0.1, 0.15) is 12.5 Å². The lowest BCUT2D eigenvalue weighted by molar-refractivity contribution is -0.119. The molecule has 0 atom stereocenters. The number of anilines is 1. The molecule has 1 aliphatic rings. The highest BCUT2D eigenvalue weighted by atomic mass is 32.2. The molecule has 184 valence electrons. The number of fused-ring (bicyclic) bond motifs is 1. The van der Waals surface area contributed by atoms with Crippen LogP contribution >= 0.6 is 0 Å². The Bertz CT molecular complexity index is 1300. The molecule has 35 heavy (non-hydrogen) atoms. The first kappa shape index (κ1) is 24.3. The van der Waals surface area contributed by atoms with Crippen LogP contribution < -0.4 is 23.8 Å². The fourth-order valence-corrected chi connectivity index (χ4v) is 4.94. The van der Waals surface area contributed by atoms with E-state index in [9.17, 15) is 17.6 Å². The highest BCUT2D eigenvalue weighted by molar-refractivity contribution is 7.92. The van der Waals surface area contributed by atoms with Gasteiger partial charge in [0.2, 0.25) is 5.91 Å². The van der Waals surface area contributed by atoms with Crippen LogP contribution in [0, 0.1) is 5.82 Å². The van der Waals surface area contributed by atoms with Gasteiger partial charge in [-0.05, 0) is 55.0 Å². The molecule has 1 amide bonds. The van der Waals surface area contributed by atoms with Crippen molar-refractivity contribution in [3.63, 3.8) is 0 Å². The topological polar surface area (TPSA) is 94.2 Å².